The lowest BCUT2D eigenvalue weighted by atomic mass is 9.97. The van der Waals surface area contributed by atoms with Crippen LogP contribution in [0.2, 0.25) is 0 Å². The van der Waals surface area contributed by atoms with Crippen molar-refractivity contribution < 1.29 is 23.9 Å². The number of carbonyl (C=O) groups is 3. The summed E-state index contributed by atoms with van der Waals surface area (Å²) < 4.78 is 10.3. The van der Waals surface area contributed by atoms with Crippen molar-refractivity contribution in [2.45, 2.75) is 0 Å². The van der Waals surface area contributed by atoms with Crippen LogP contribution in [0.1, 0.15) is 15.9 Å². The Bertz CT molecular complexity index is 1180. The predicted octanol–water partition coefficient (Wildman–Crippen LogP) is 3.91. The molecule has 0 N–H and O–H groups in total. The number of hydrogen-bond acceptors (Lipinski definition) is 5. The minimum Gasteiger partial charge on any atom is -0.497 e. The molecule has 0 radical (unpaired) electrons. The summed E-state index contributed by atoms with van der Waals surface area (Å²) in [4.78, 5) is 40.7. The molecule has 1 aliphatic rings. The third-order valence-electron chi connectivity index (χ3n) is 5.04. The summed E-state index contributed by atoms with van der Waals surface area (Å²) in [7, 11) is 3.07. The second-order valence-corrected chi connectivity index (χ2v) is 6.81. The van der Waals surface area contributed by atoms with Crippen molar-refractivity contribution in [2.75, 3.05) is 19.1 Å². The average Bonchev–Trinajstić information content (AvgIpc) is 3.09. The first-order chi connectivity index (χ1) is 15.0. The Labute approximate surface area is 179 Å². The van der Waals surface area contributed by atoms with Crippen molar-refractivity contribution in [3.63, 3.8) is 0 Å². The van der Waals surface area contributed by atoms with Crippen LogP contribution in [-0.2, 0) is 9.59 Å². The van der Waals surface area contributed by atoms with Crippen molar-refractivity contribution in [1.82, 2.24) is 0 Å². The van der Waals surface area contributed by atoms with E-state index >= 15 is 0 Å². The lowest BCUT2D eigenvalue weighted by Crippen LogP contribution is -2.28. The van der Waals surface area contributed by atoms with Gasteiger partial charge >= 0.3 is 5.91 Å². The quantitative estimate of drug-likeness (QED) is 0.348. The summed E-state index contributed by atoms with van der Waals surface area (Å²) in [5, 5.41) is 0. The zero-order valence-corrected chi connectivity index (χ0v) is 17.0. The normalized spacial score (nSPS) is 13.5. The molecule has 1 amide bonds. The van der Waals surface area contributed by atoms with Crippen LogP contribution in [0.25, 0.3) is 5.70 Å². The molecule has 6 nitrogen and oxygen atoms in total. The summed E-state index contributed by atoms with van der Waals surface area (Å²) in [6, 6.07) is 22.1. The highest BCUT2D eigenvalue weighted by Gasteiger charge is 2.43. The van der Waals surface area contributed by atoms with Crippen molar-refractivity contribution in [2.24, 2.45) is 0 Å². The number of Topliss-reactive ketones (excluding diaryl/α,β-unsaturated/α-hetero) is 2. The van der Waals surface area contributed by atoms with E-state index in [1.54, 1.807) is 79.9 Å². The van der Waals surface area contributed by atoms with Crippen LogP contribution in [0.15, 0.2) is 84.4 Å². The molecular formula is C25H19NO5. The highest BCUT2D eigenvalue weighted by molar-refractivity contribution is 6.61. The molecule has 0 saturated carbocycles. The van der Waals surface area contributed by atoms with Gasteiger partial charge in [0.1, 0.15) is 17.1 Å². The standard InChI is InChI=1S/C25H19NO5/c1-30-19-12-8-16(9-13-19)22-21(23(27)17-10-14-20(31-2)15-11-17)24(28)25(29)26(22)18-6-4-3-5-7-18/h3-15H,1-2H3. The van der Waals surface area contributed by atoms with E-state index in [1.807, 2.05) is 6.07 Å². The molecule has 1 aliphatic heterocycles. The number of nitrogens with zero attached hydrogens (tertiary/aromatic N) is 1. The Balaban J connectivity index is 1.91. The predicted molar refractivity (Wildman–Crippen MR) is 116 cm³/mol. The van der Waals surface area contributed by atoms with E-state index in [-0.39, 0.29) is 16.8 Å². The molecule has 154 valence electrons. The number of para-hydroxylation sites is 1. The molecule has 31 heavy (non-hydrogen) atoms. The van der Waals surface area contributed by atoms with Gasteiger partial charge in [0.05, 0.1) is 19.9 Å². The number of ketones is 2. The highest BCUT2D eigenvalue weighted by Crippen LogP contribution is 2.37. The Morgan fingerprint density at radius 3 is 1.84 bits per heavy atom. The molecule has 0 fully saturated rings. The van der Waals surface area contributed by atoms with Crippen molar-refractivity contribution >= 4 is 28.9 Å². The Morgan fingerprint density at radius 2 is 1.29 bits per heavy atom. The molecule has 0 atom stereocenters. The summed E-state index contributed by atoms with van der Waals surface area (Å²) >= 11 is 0. The van der Waals surface area contributed by atoms with Gasteiger partial charge in [-0.1, -0.05) is 18.2 Å². The van der Waals surface area contributed by atoms with E-state index in [2.05, 4.69) is 0 Å². The van der Waals surface area contributed by atoms with Crippen LogP contribution in [0, 0.1) is 0 Å². The first-order valence-electron chi connectivity index (χ1n) is 9.56. The van der Waals surface area contributed by atoms with Gasteiger partial charge in [-0.05, 0) is 66.2 Å². The third-order valence-corrected chi connectivity index (χ3v) is 5.04. The maximum atomic E-state index is 13.4. The second-order valence-electron chi connectivity index (χ2n) is 6.81. The topological polar surface area (TPSA) is 72.9 Å². The van der Waals surface area contributed by atoms with E-state index in [1.165, 1.54) is 12.0 Å². The molecule has 4 rings (SSSR count). The van der Waals surface area contributed by atoms with Gasteiger partial charge < -0.3 is 9.47 Å². The number of carbonyl (C=O) groups excluding carboxylic acids is 3. The van der Waals surface area contributed by atoms with Crippen LogP contribution in [-0.4, -0.2) is 31.7 Å². The molecule has 0 unspecified atom stereocenters. The van der Waals surface area contributed by atoms with Crippen molar-refractivity contribution in [1.29, 1.82) is 0 Å². The van der Waals surface area contributed by atoms with Crippen molar-refractivity contribution in [3.05, 3.63) is 95.6 Å². The van der Waals surface area contributed by atoms with Crippen molar-refractivity contribution in [3.8, 4) is 11.5 Å². The summed E-state index contributed by atoms with van der Waals surface area (Å²) in [5.41, 5.74) is 1.44. The average molecular weight is 413 g/mol. The summed E-state index contributed by atoms with van der Waals surface area (Å²) in [6.45, 7) is 0. The highest BCUT2D eigenvalue weighted by atomic mass is 16.5. The molecule has 0 aliphatic carbocycles. The fourth-order valence-electron chi connectivity index (χ4n) is 3.47. The van der Waals surface area contributed by atoms with Crippen LogP contribution in [0.3, 0.4) is 0 Å². The SMILES string of the molecule is COc1ccc(C(=O)C2=C(c3ccc(OC)cc3)N(c3ccccc3)C(=O)C2=O)cc1. The Morgan fingerprint density at radius 1 is 0.742 bits per heavy atom. The lowest BCUT2D eigenvalue weighted by molar-refractivity contribution is -0.132. The second kappa shape index (κ2) is 8.28. The van der Waals surface area contributed by atoms with Crippen LogP contribution >= 0.6 is 0 Å². The van der Waals surface area contributed by atoms with E-state index < -0.39 is 17.5 Å². The molecule has 0 bridgehead atoms. The zero-order valence-electron chi connectivity index (χ0n) is 17.0. The summed E-state index contributed by atoms with van der Waals surface area (Å²) in [6.07, 6.45) is 0. The van der Waals surface area contributed by atoms with E-state index in [0.29, 0.717) is 22.7 Å². The van der Waals surface area contributed by atoms with E-state index in [0.717, 1.165) is 0 Å². The molecule has 0 aromatic heterocycles. The van der Waals surface area contributed by atoms with E-state index in [4.69, 9.17) is 9.47 Å². The fraction of sp³-hybridized carbons (Fsp3) is 0.0800. The maximum absolute atomic E-state index is 13.4. The first kappa shape index (κ1) is 20.1. The lowest BCUT2D eigenvalue weighted by Gasteiger charge is -2.20. The van der Waals surface area contributed by atoms with Gasteiger partial charge in [-0.3, -0.25) is 19.3 Å². The number of hydrogen-bond donors (Lipinski definition) is 0. The third kappa shape index (κ3) is 3.59. The minimum atomic E-state index is -0.838. The smallest absolute Gasteiger partial charge is 0.304 e. The number of methoxy groups -OCH3 is 2. The summed E-state index contributed by atoms with van der Waals surface area (Å²) in [5.74, 6) is -0.926. The van der Waals surface area contributed by atoms with Crippen LogP contribution < -0.4 is 14.4 Å². The van der Waals surface area contributed by atoms with Crippen LogP contribution in [0.5, 0.6) is 11.5 Å². The zero-order chi connectivity index (χ0) is 22.0. The Hall–Kier alpha value is -4.19. The molecule has 3 aromatic carbocycles. The molecule has 0 saturated heterocycles. The number of amides is 1. The first-order valence-corrected chi connectivity index (χ1v) is 9.56. The fourth-order valence-corrected chi connectivity index (χ4v) is 3.47. The van der Waals surface area contributed by atoms with E-state index in [9.17, 15) is 14.4 Å². The minimum absolute atomic E-state index is 0.163. The van der Waals surface area contributed by atoms with Gasteiger partial charge in [-0.25, -0.2) is 0 Å². The number of rotatable bonds is 6. The largest absolute Gasteiger partial charge is 0.497 e. The number of ether oxygens (including phenoxy) is 2. The molecule has 0 spiro atoms. The monoisotopic (exact) mass is 413 g/mol. The van der Waals surface area contributed by atoms with Gasteiger partial charge in [0.15, 0.2) is 5.78 Å². The maximum Gasteiger partial charge on any atom is 0.304 e. The van der Waals surface area contributed by atoms with Gasteiger partial charge in [-0.15, -0.1) is 0 Å². The number of anilines is 1. The van der Waals surface area contributed by atoms with Gasteiger partial charge in [-0.2, -0.15) is 0 Å². The van der Waals surface area contributed by atoms with Gasteiger partial charge in [0.25, 0.3) is 5.78 Å². The molecule has 3 aromatic rings. The molecular weight excluding hydrogens is 394 g/mol. The Kier molecular flexibility index (Phi) is 5.37. The molecule has 1 heterocycles. The van der Waals surface area contributed by atoms with Gasteiger partial charge in [0.2, 0.25) is 0 Å². The van der Waals surface area contributed by atoms with Crippen LogP contribution in [0.4, 0.5) is 5.69 Å². The number of benzene rings is 3. The van der Waals surface area contributed by atoms with Gasteiger partial charge in [0, 0.05) is 11.3 Å². The molecule has 6 heteroatoms.